The summed E-state index contributed by atoms with van der Waals surface area (Å²) in [4.78, 5) is 32.7. The summed E-state index contributed by atoms with van der Waals surface area (Å²) >= 11 is 0. The molecule has 4 heteroatoms. The van der Waals surface area contributed by atoms with Crippen molar-refractivity contribution in [3.63, 3.8) is 0 Å². The number of esters is 1. The maximum Gasteiger partial charge on any atom is 0.306 e. The Bertz CT molecular complexity index is 232. The Balaban J connectivity index is 4.09. The van der Waals surface area contributed by atoms with Crippen molar-refractivity contribution in [1.29, 1.82) is 0 Å². The van der Waals surface area contributed by atoms with Gasteiger partial charge in [-0.1, -0.05) is 0 Å². The van der Waals surface area contributed by atoms with Gasteiger partial charge in [0.25, 0.3) is 0 Å². The van der Waals surface area contributed by atoms with E-state index in [-0.39, 0.29) is 23.9 Å². The molecular weight excluding hydrogens is 184 g/mol. The molecule has 0 aromatic carbocycles. The molecule has 0 N–H and O–H groups in total. The highest BCUT2D eigenvalue weighted by molar-refractivity contribution is 5.84. The third-order valence-electron chi connectivity index (χ3n) is 2.06. The number of ether oxygens (including phenoxy) is 1. The lowest BCUT2D eigenvalue weighted by Crippen LogP contribution is -2.17. The number of hydrogen-bond donors (Lipinski definition) is 0. The molecule has 80 valence electrons. The second kappa shape index (κ2) is 6.29. The van der Waals surface area contributed by atoms with Crippen LogP contribution in [0.1, 0.15) is 33.1 Å². The fraction of sp³-hybridized carbons (Fsp3) is 0.700. The minimum atomic E-state index is -0.409. The van der Waals surface area contributed by atoms with Crippen molar-refractivity contribution in [3.05, 3.63) is 0 Å². The summed E-state index contributed by atoms with van der Waals surface area (Å²) in [7, 11) is 1.28. The molecule has 4 nitrogen and oxygen atoms in total. The highest BCUT2D eigenvalue weighted by Gasteiger charge is 2.19. The van der Waals surface area contributed by atoms with E-state index in [0.29, 0.717) is 12.8 Å². The predicted octanol–water partition coefficient (Wildman–Crippen LogP) is 1.12. The van der Waals surface area contributed by atoms with E-state index in [1.807, 2.05) is 0 Å². The summed E-state index contributed by atoms with van der Waals surface area (Å²) in [5.41, 5.74) is 0. The molecule has 0 unspecified atom stereocenters. The second-order valence-electron chi connectivity index (χ2n) is 3.33. The number of hydrogen-bond acceptors (Lipinski definition) is 4. The average Bonchev–Trinajstić information content (AvgIpc) is 2.10. The van der Waals surface area contributed by atoms with Crippen LogP contribution < -0.4 is 0 Å². The van der Waals surface area contributed by atoms with Crippen LogP contribution in [0.4, 0.5) is 0 Å². The number of Topliss-reactive ketones (excluding diaryl/α,β-unsaturated/α-hetero) is 2. The first-order chi connectivity index (χ1) is 6.47. The molecule has 0 fully saturated rings. The molecule has 0 saturated carbocycles. The van der Waals surface area contributed by atoms with E-state index in [0.717, 1.165) is 0 Å². The maximum atomic E-state index is 11.1. The van der Waals surface area contributed by atoms with Crippen LogP contribution in [-0.2, 0) is 19.1 Å². The lowest BCUT2D eigenvalue weighted by atomic mass is 9.95. The molecule has 14 heavy (non-hydrogen) atoms. The van der Waals surface area contributed by atoms with Crippen LogP contribution in [0.25, 0.3) is 0 Å². The molecule has 0 aliphatic rings. The first-order valence-corrected chi connectivity index (χ1v) is 4.54. The van der Waals surface area contributed by atoms with Crippen LogP contribution in [0, 0.1) is 5.92 Å². The molecule has 0 rings (SSSR count). The Morgan fingerprint density at radius 2 is 1.79 bits per heavy atom. The molecule has 0 saturated heterocycles. The van der Waals surface area contributed by atoms with Gasteiger partial charge in [-0.25, -0.2) is 0 Å². The standard InChI is InChI=1S/C10H16O4/c1-7(11)4-5-9(8(2)12)6-10(13)14-3/h9H,4-6H2,1-3H3/t9-/m0/s1. The van der Waals surface area contributed by atoms with E-state index in [1.165, 1.54) is 21.0 Å². The zero-order valence-corrected chi connectivity index (χ0v) is 8.83. The Morgan fingerprint density at radius 3 is 2.14 bits per heavy atom. The molecule has 0 heterocycles. The van der Waals surface area contributed by atoms with Gasteiger partial charge in [0.15, 0.2) is 0 Å². The van der Waals surface area contributed by atoms with E-state index in [2.05, 4.69) is 4.74 Å². The van der Waals surface area contributed by atoms with E-state index in [1.54, 1.807) is 0 Å². The third kappa shape index (κ3) is 5.45. The quantitative estimate of drug-likeness (QED) is 0.603. The Kier molecular flexibility index (Phi) is 5.76. The highest BCUT2D eigenvalue weighted by Crippen LogP contribution is 2.13. The van der Waals surface area contributed by atoms with Crippen molar-refractivity contribution in [2.75, 3.05) is 7.11 Å². The van der Waals surface area contributed by atoms with Gasteiger partial charge in [0.2, 0.25) is 0 Å². The molecule has 0 aromatic rings. The average molecular weight is 200 g/mol. The lowest BCUT2D eigenvalue weighted by Gasteiger charge is -2.10. The normalized spacial score (nSPS) is 11.9. The summed E-state index contributed by atoms with van der Waals surface area (Å²) in [6.07, 6.45) is 0.833. The van der Waals surface area contributed by atoms with Crippen LogP contribution in [0.5, 0.6) is 0 Å². The largest absolute Gasteiger partial charge is 0.469 e. The van der Waals surface area contributed by atoms with Crippen LogP contribution in [0.2, 0.25) is 0 Å². The third-order valence-corrected chi connectivity index (χ3v) is 2.06. The Labute approximate surface area is 83.6 Å². The van der Waals surface area contributed by atoms with E-state index >= 15 is 0 Å². The van der Waals surface area contributed by atoms with Gasteiger partial charge in [0, 0.05) is 12.3 Å². The first-order valence-electron chi connectivity index (χ1n) is 4.54. The fourth-order valence-electron chi connectivity index (χ4n) is 1.11. The summed E-state index contributed by atoms with van der Waals surface area (Å²) in [5, 5.41) is 0. The molecule has 0 radical (unpaired) electrons. The molecule has 0 aliphatic heterocycles. The van der Waals surface area contributed by atoms with Crippen LogP contribution in [0.15, 0.2) is 0 Å². The van der Waals surface area contributed by atoms with Crippen molar-refractivity contribution in [1.82, 2.24) is 0 Å². The van der Waals surface area contributed by atoms with Gasteiger partial charge in [-0.3, -0.25) is 9.59 Å². The lowest BCUT2D eigenvalue weighted by molar-refractivity contribution is -0.143. The van der Waals surface area contributed by atoms with Gasteiger partial charge >= 0.3 is 5.97 Å². The van der Waals surface area contributed by atoms with Gasteiger partial charge in [0.1, 0.15) is 11.6 Å². The number of carbonyl (C=O) groups is 3. The molecule has 0 bridgehead atoms. The van der Waals surface area contributed by atoms with Gasteiger partial charge in [-0.05, 0) is 20.3 Å². The molecule has 0 spiro atoms. The number of methoxy groups -OCH3 is 1. The zero-order valence-electron chi connectivity index (χ0n) is 8.83. The number of ketones is 2. The van der Waals surface area contributed by atoms with Crippen LogP contribution in [0.3, 0.4) is 0 Å². The summed E-state index contributed by atoms with van der Waals surface area (Å²) < 4.78 is 4.46. The van der Waals surface area contributed by atoms with E-state index in [9.17, 15) is 14.4 Å². The van der Waals surface area contributed by atoms with Crippen molar-refractivity contribution < 1.29 is 19.1 Å². The van der Waals surface area contributed by atoms with Gasteiger partial charge in [-0.2, -0.15) is 0 Å². The molecular formula is C10H16O4. The monoisotopic (exact) mass is 200 g/mol. The Hall–Kier alpha value is -1.19. The molecule has 0 amide bonds. The van der Waals surface area contributed by atoms with Crippen LogP contribution >= 0.6 is 0 Å². The minimum absolute atomic E-state index is 0.0288. The zero-order chi connectivity index (χ0) is 11.1. The molecule has 0 aromatic heterocycles. The number of carbonyl (C=O) groups excluding carboxylic acids is 3. The second-order valence-corrected chi connectivity index (χ2v) is 3.33. The van der Waals surface area contributed by atoms with Crippen molar-refractivity contribution in [2.24, 2.45) is 5.92 Å². The SMILES string of the molecule is COC(=O)C[C@H](CCC(C)=O)C(C)=O. The minimum Gasteiger partial charge on any atom is -0.469 e. The summed E-state index contributed by atoms with van der Waals surface area (Å²) in [6, 6.07) is 0. The van der Waals surface area contributed by atoms with Crippen molar-refractivity contribution in [2.45, 2.75) is 33.1 Å². The van der Waals surface area contributed by atoms with E-state index in [4.69, 9.17) is 0 Å². The predicted molar refractivity (Wildman–Crippen MR) is 50.7 cm³/mol. The first kappa shape index (κ1) is 12.8. The summed E-state index contributed by atoms with van der Waals surface area (Å²) in [5.74, 6) is -0.835. The molecule has 0 aliphatic carbocycles. The smallest absolute Gasteiger partial charge is 0.306 e. The number of rotatable bonds is 6. The van der Waals surface area contributed by atoms with Gasteiger partial charge in [-0.15, -0.1) is 0 Å². The van der Waals surface area contributed by atoms with Gasteiger partial charge in [0.05, 0.1) is 13.5 Å². The fourth-order valence-corrected chi connectivity index (χ4v) is 1.11. The highest BCUT2D eigenvalue weighted by atomic mass is 16.5. The maximum absolute atomic E-state index is 11.1. The van der Waals surface area contributed by atoms with Gasteiger partial charge < -0.3 is 9.53 Å². The van der Waals surface area contributed by atoms with Crippen LogP contribution in [-0.4, -0.2) is 24.6 Å². The van der Waals surface area contributed by atoms with E-state index < -0.39 is 5.97 Å². The summed E-state index contributed by atoms with van der Waals surface area (Å²) in [6.45, 7) is 2.89. The topological polar surface area (TPSA) is 60.4 Å². The Morgan fingerprint density at radius 1 is 1.21 bits per heavy atom. The van der Waals surface area contributed by atoms with Crippen molar-refractivity contribution in [3.8, 4) is 0 Å². The molecule has 1 atom stereocenters. The van der Waals surface area contributed by atoms with Crippen molar-refractivity contribution >= 4 is 17.5 Å².